The number of anilines is 2. The standard InChI is InChI=1S/C20H23F3N4O3/c21-20(22,23)30-18-9-5-4-8-15(18)12-25-19-10-16(17(13-26-19)27(28)29)24-11-14-6-2-1-3-7-14/h4-5,8-10,13-14H,1-3,6-7,11-12H2,(H2,24,25,26). The van der Waals surface area contributed by atoms with Gasteiger partial charge >= 0.3 is 12.0 Å². The zero-order valence-corrected chi connectivity index (χ0v) is 16.2. The molecular formula is C20H23F3N4O3. The van der Waals surface area contributed by atoms with Crippen LogP contribution in [0.3, 0.4) is 0 Å². The summed E-state index contributed by atoms with van der Waals surface area (Å²) in [6, 6.07) is 7.28. The topological polar surface area (TPSA) is 89.3 Å². The van der Waals surface area contributed by atoms with Gasteiger partial charge in [-0.1, -0.05) is 37.5 Å². The first-order valence-electron chi connectivity index (χ1n) is 9.77. The molecule has 2 aromatic rings. The molecule has 0 unspecified atom stereocenters. The zero-order chi connectivity index (χ0) is 21.6. The van der Waals surface area contributed by atoms with E-state index in [1.165, 1.54) is 30.7 Å². The van der Waals surface area contributed by atoms with Crippen molar-refractivity contribution in [2.24, 2.45) is 5.92 Å². The smallest absolute Gasteiger partial charge is 0.405 e. The number of ether oxygens (including phenoxy) is 1. The molecule has 0 amide bonds. The highest BCUT2D eigenvalue weighted by Crippen LogP contribution is 2.30. The Kier molecular flexibility index (Phi) is 6.96. The number of nitrogens with zero attached hydrogens (tertiary/aromatic N) is 2. The van der Waals surface area contributed by atoms with Crippen molar-refractivity contribution in [1.82, 2.24) is 4.98 Å². The Morgan fingerprint density at radius 2 is 1.90 bits per heavy atom. The Hall–Kier alpha value is -3.04. The molecule has 0 spiro atoms. The molecule has 0 radical (unpaired) electrons. The van der Waals surface area contributed by atoms with Gasteiger partial charge < -0.3 is 15.4 Å². The molecule has 1 heterocycles. The van der Waals surface area contributed by atoms with Gasteiger partial charge in [0.15, 0.2) is 0 Å². The first-order valence-corrected chi connectivity index (χ1v) is 9.77. The minimum atomic E-state index is -4.79. The van der Waals surface area contributed by atoms with Crippen LogP contribution in [0.4, 0.5) is 30.4 Å². The molecule has 2 N–H and O–H groups in total. The van der Waals surface area contributed by atoms with Crippen molar-refractivity contribution in [3.05, 3.63) is 52.2 Å². The summed E-state index contributed by atoms with van der Waals surface area (Å²) in [6.45, 7) is 0.645. The lowest BCUT2D eigenvalue weighted by Gasteiger charge is -2.22. The van der Waals surface area contributed by atoms with Crippen LogP contribution in [0.25, 0.3) is 0 Å². The number of benzene rings is 1. The first-order chi connectivity index (χ1) is 14.3. The third-order valence-corrected chi connectivity index (χ3v) is 5.04. The maximum atomic E-state index is 12.6. The number of halogens is 3. The average Bonchev–Trinajstić information content (AvgIpc) is 2.71. The Balaban J connectivity index is 1.70. The van der Waals surface area contributed by atoms with Gasteiger partial charge in [-0.05, 0) is 24.8 Å². The minimum absolute atomic E-state index is 0.0130. The van der Waals surface area contributed by atoms with Gasteiger partial charge in [0.1, 0.15) is 23.5 Å². The second-order valence-electron chi connectivity index (χ2n) is 7.24. The number of aromatic nitrogens is 1. The van der Waals surface area contributed by atoms with Crippen LogP contribution in [0.2, 0.25) is 0 Å². The van der Waals surface area contributed by atoms with E-state index in [-0.39, 0.29) is 23.5 Å². The van der Waals surface area contributed by atoms with Crippen LogP contribution in [0, 0.1) is 16.0 Å². The van der Waals surface area contributed by atoms with Gasteiger partial charge in [-0.25, -0.2) is 4.98 Å². The summed E-state index contributed by atoms with van der Waals surface area (Å²) in [5, 5.41) is 17.4. The van der Waals surface area contributed by atoms with Crippen molar-refractivity contribution >= 4 is 17.2 Å². The highest BCUT2D eigenvalue weighted by molar-refractivity contribution is 5.65. The van der Waals surface area contributed by atoms with Crippen molar-refractivity contribution in [3.63, 3.8) is 0 Å². The normalized spacial score (nSPS) is 14.9. The monoisotopic (exact) mass is 424 g/mol. The van der Waals surface area contributed by atoms with Crippen molar-refractivity contribution < 1.29 is 22.8 Å². The van der Waals surface area contributed by atoms with E-state index in [9.17, 15) is 23.3 Å². The van der Waals surface area contributed by atoms with Gasteiger partial charge in [-0.2, -0.15) is 0 Å². The third kappa shape index (κ3) is 6.23. The van der Waals surface area contributed by atoms with E-state index < -0.39 is 11.3 Å². The van der Waals surface area contributed by atoms with E-state index in [0.717, 1.165) is 31.9 Å². The van der Waals surface area contributed by atoms with Crippen LogP contribution in [0.5, 0.6) is 5.75 Å². The molecule has 0 saturated heterocycles. The Bertz CT molecular complexity index is 871. The summed E-state index contributed by atoms with van der Waals surface area (Å²) in [6.07, 6.45) is 2.08. The maximum absolute atomic E-state index is 12.6. The van der Waals surface area contributed by atoms with Crippen LogP contribution >= 0.6 is 0 Å². The van der Waals surface area contributed by atoms with Crippen molar-refractivity contribution in [2.45, 2.75) is 45.0 Å². The lowest BCUT2D eigenvalue weighted by Crippen LogP contribution is -2.19. The van der Waals surface area contributed by atoms with Gasteiger partial charge in [0.05, 0.1) is 4.92 Å². The van der Waals surface area contributed by atoms with Crippen LogP contribution in [-0.2, 0) is 6.54 Å². The van der Waals surface area contributed by atoms with E-state index in [2.05, 4.69) is 20.4 Å². The fourth-order valence-corrected chi connectivity index (χ4v) is 3.54. The lowest BCUT2D eigenvalue weighted by atomic mass is 9.89. The number of nitrogens with one attached hydrogen (secondary N) is 2. The van der Waals surface area contributed by atoms with Crippen LogP contribution in [-0.4, -0.2) is 22.8 Å². The minimum Gasteiger partial charge on any atom is -0.405 e. The van der Waals surface area contributed by atoms with E-state index >= 15 is 0 Å². The predicted octanol–water partition coefficient (Wildman–Crippen LogP) is 5.49. The molecule has 7 nitrogen and oxygen atoms in total. The van der Waals surface area contributed by atoms with Gasteiger partial charge in [0.2, 0.25) is 0 Å². The Labute approximate surface area is 171 Å². The van der Waals surface area contributed by atoms with E-state index in [0.29, 0.717) is 24.0 Å². The molecule has 30 heavy (non-hydrogen) atoms. The number of rotatable bonds is 8. The largest absolute Gasteiger partial charge is 0.573 e. The molecule has 3 rings (SSSR count). The molecule has 1 aromatic heterocycles. The van der Waals surface area contributed by atoms with Crippen LogP contribution in [0.1, 0.15) is 37.7 Å². The van der Waals surface area contributed by atoms with Crippen LogP contribution in [0.15, 0.2) is 36.5 Å². The molecular weight excluding hydrogens is 401 g/mol. The molecule has 1 aromatic carbocycles. The quantitative estimate of drug-likeness (QED) is 0.430. The van der Waals surface area contributed by atoms with Gasteiger partial charge in [-0.15, -0.1) is 13.2 Å². The molecule has 0 atom stereocenters. The third-order valence-electron chi connectivity index (χ3n) is 5.04. The van der Waals surface area contributed by atoms with E-state index in [1.807, 2.05) is 0 Å². The SMILES string of the molecule is O=[N+]([O-])c1cnc(NCc2ccccc2OC(F)(F)F)cc1NCC1CCCCC1. The van der Waals surface area contributed by atoms with E-state index in [1.54, 1.807) is 6.07 Å². The molecule has 1 aliphatic rings. The Morgan fingerprint density at radius 3 is 2.60 bits per heavy atom. The number of hydrogen-bond acceptors (Lipinski definition) is 6. The summed E-state index contributed by atoms with van der Waals surface area (Å²) in [7, 11) is 0. The van der Waals surface area contributed by atoms with E-state index in [4.69, 9.17) is 0 Å². The summed E-state index contributed by atoms with van der Waals surface area (Å²) >= 11 is 0. The molecule has 1 aliphatic carbocycles. The number of alkyl halides is 3. The number of para-hydroxylation sites is 1. The summed E-state index contributed by atoms with van der Waals surface area (Å²) in [4.78, 5) is 14.8. The molecule has 10 heteroatoms. The molecule has 0 aliphatic heterocycles. The molecule has 162 valence electrons. The second kappa shape index (κ2) is 9.64. The maximum Gasteiger partial charge on any atom is 0.573 e. The van der Waals surface area contributed by atoms with Crippen molar-refractivity contribution in [2.75, 3.05) is 17.2 Å². The van der Waals surface area contributed by atoms with Crippen molar-refractivity contribution in [3.8, 4) is 5.75 Å². The second-order valence-corrected chi connectivity index (χ2v) is 7.24. The highest BCUT2D eigenvalue weighted by atomic mass is 19.4. The zero-order valence-electron chi connectivity index (χ0n) is 16.2. The fraction of sp³-hybridized carbons (Fsp3) is 0.450. The fourth-order valence-electron chi connectivity index (χ4n) is 3.54. The molecule has 1 fully saturated rings. The summed E-state index contributed by atoms with van der Waals surface area (Å²) in [5.41, 5.74) is 0.478. The number of nitro groups is 1. The molecule has 0 bridgehead atoms. The van der Waals surface area contributed by atoms with Gasteiger partial charge in [0, 0.05) is 24.7 Å². The highest BCUT2D eigenvalue weighted by Gasteiger charge is 2.32. The number of hydrogen-bond donors (Lipinski definition) is 2. The number of pyridine rings is 1. The Morgan fingerprint density at radius 1 is 1.17 bits per heavy atom. The van der Waals surface area contributed by atoms with Gasteiger partial charge in [-0.3, -0.25) is 10.1 Å². The lowest BCUT2D eigenvalue weighted by molar-refractivity contribution is -0.384. The first kappa shape index (κ1) is 21.7. The van der Waals surface area contributed by atoms with Crippen molar-refractivity contribution in [1.29, 1.82) is 0 Å². The van der Waals surface area contributed by atoms with Gasteiger partial charge in [0.25, 0.3) is 0 Å². The average molecular weight is 424 g/mol. The van der Waals surface area contributed by atoms with Crippen LogP contribution < -0.4 is 15.4 Å². The predicted molar refractivity (Wildman–Crippen MR) is 106 cm³/mol. The summed E-state index contributed by atoms with van der Waals surface area (Å²) in [5.74, 6) is 0.470. The summed E-state index contributed by atoms with van der Waals surface area (Å²) < 4.78 is 41.7. The molecule has 1 saturated carbocycles.